The van der Waals surface area contributed by atoms with Gasteiger partial charge in [0, 0.05) is 11.7 Å². The molecule has 0 spiro atoms. The van der Waals surface area contributed by atoms with Gasteiger partial charge in [-0.15, -0.1) is 0 Å². The molecule has 1 aliphatic carbocycles. The minimum Gasteiger partial charge on any atom is -0.443 e. The summed E-state index contributed by atoms with van der Waals surface area (Å²) in [6.45, 7) is 5.72. The Labute approximate surface area is 115 Å². The lowest BCUT2D eigenvalue weighted by Gasteiger charge is -2.31. The van der Waals surface area contributed by atoms with Crippen LogP contribution in [0.2, 0.25) is 0 Å². The third-order valence-corrected chi connectivity index (χ3v) is 3.31. The number of para-hydroxylation sites is 1. The zero-order chi connectivity index (χ0) is 13.9. The Kier molecular flexibility index (Phi) is 4.13. The van der Waals surface area contributed by atoms with E-state index in [0.29, 0.717) is 0 Å². The lowest BCUT2D eigenvalue weighted by molar-refractivity contribution is 0.0566. The maximum atomic E-state index is 12.5. The first kappa shape index (κ1) is 13.9. The van der Waals surface area contributed by atoms with Crippen molar-refractivity contribution in [3.05, 3.63) is 30.3 Å². The Hall–Kier alpha value is -1.51. The Morgan fingerprint density at radius 3 is 2.26 bits per heavy atom. The second-order valence-electron chi connectivity index (χ2n) is 6.12. The van der Waals surface area contributed by atoms with Gasteiger partial charge in [0.05, 0.1) is 0 Å². The van der Waals surface area contributed by atoms with Gasteiger partial charge in [-0.1, -0.05) is 31.0 Å². The van der Waals surface area contributed by atoms with Gasteiger partial charge >= 0.3 is 6.09 Å². The average molecular weight is 261 g/mol. The van der Waals surface area contributed by atoms with E-state index in [1.54, 1.807) is 0 Å². The summed E-state index contributed by atoms with van der Waals surface area (Å²) in [5, 5.41) is 0. The second-order valence-corrected chi connectivity index (χ2v) is 6.12. The number of anilines is 1. The van der Waals surface area contributed by atoms with Crippen LogP contribution in [-0.2, 0) is 4.74 Å². The minimum absolute atomic E-state index is 0.231. The van der Waals surface area contributed by atoms with Crippen LogP contribution in [0.4, 0.5) is 10.5 Å². The highest BCUT2D eigenvalue weighted by molar-refractivity contribution is 5.88. The molecule has 1 aliphatic rings. The van der Waals surface area contributed by atoms with Crippen molar-refractivity contribution in [2.75, 3.05) is 4.90 Å². The summed E-state index contributed by atoms with van der Waals surface area (Å²) in [6, 6.07) is 10.1. The van der Waals surface area contributed by atoms with Gasteiger partial charge in [0.15, 0.2) is 0 Å². The molecule has 0 saturated heterocycles. The maximum absolute atomic E-state index is 12.5. The van der Waals surface area contributed by atoms with Crippen LogP contribution in [0.5, 0.6) is 0 Å². The van der Waals surface area contributed by atoms with E-state index >= 15 is 0 Å². The van der Waals surface area contributed by atoms with Crippen molar-refractivity contribution >= 4 is 11.8 Å². The van der Waals surface area contributed by atoms with Gasteiger partial charge in [0.2, 0.25) is 0 Å². The quantitative estimate of drug-likeness (QED) is 0.791. The molecule has 0 aromatic heterocycles. The smallest absolute Gasteiger partial charge is 0.415 e. The second kappa shape index (κ2) is 5.64. The molecule has 1 aromatic rings. The fourth-order valence-electron chi connectivity index (χ4n) is 2.53. The highest BCUT2D eigenvalue weighted by Gasteiger charge is 2.31. The van der Waals surface area contributed by atoms with Crippen molar-refractivity contribution < 1.29 is 9.53 Å². The summed E-state index contributed by atoms with van der Waals surface area (Å²) >= 11 is 0. The number of amides is 1. The number of hydrogen-bond donors (Lipinski definition) is 0. The molecule has 0 radical (unpaired) electrons. The molecule has 19 heavy (non-hydrogen) atoms. The molecule has 1 fully saturated rings. The van der Waals surface area contributed by atoms with Crippen LogP contribution >= 0.6 is 0 Å². The summed E-state index contributed by atoms with van der Waals surface area (Å²) < 4.78 is 5.55. The molecule has 1 aromatic carbocycles. The van der Waals surface area contributed by atoms with Crippen molar-refractivity contribution in [2.24, 2.45) is 0 Å². The Bertz CT molecular complexity index is 416. The van der Waals surface area contributed by atoms with Crippen LogP contribution in [0.25, 0.3) is 0 Å². The topological polar surface area (TPSA) is 29.5 Å². The van der Waals surface area contributed by atoms with Crippen LogP contribution in [0, 0.1) is 0 Å². The van der Waals surface area contributed by atoms with Crippen LogP contribution in [0.1, 0.15) is 46.5 Å². The highest BCUT2D eigenvalue weighted by Crippen LogP contribution is 2.29. The van der Waals surface area contributed by atoms with E-state index < -0.39 is 5.60 Å². The fourth-order valence-corrected chi connectivity index (χ4v) is 2.53. The first-order chi connectivity index (χ1) is 8.97. The summed E-state index contributed by atoms with van der Waals surface area (Å²) in [5.74, 6) is 0. The van der Waals surface area contributed by atoms with Crippen LogP contribution in [0.15, 0.2) is 30.3 Å². The van der Waals surface area contributed by atoms with Gasteiger partial charge in [0.1, 0.15) is 5.60 Å². The van der Waals surface area contributed by atoms with Crippen molar-refractivity contribution in [2.45, 2.75) is 58.1 Å². The van der Waals surface area contributed by atoms with E-state index in [-0.39, 0.29) is 12.1 Å². The molecule has 0 heterocycles. The van der Waals surface area contributed by atoms with E-state index in [9.17, 15) is 4.79 Å². The molecule has 0 bridgehead atoms. The van der Waals surface area contributed by atoms with Gasteiger partial charge in [-0.05, 0) is 45.7 Å². The van der Waals surface area contributed by atoms with Crippen molar-refractivity contribution in [1.82, 2.24) is 0 Å². The number of carbonyl (C=O) groups is 1. The van der Waals surface area contributed by atoms with E-state index in [1.165, 1.54) is 12.8 Å². The lowest BCUT2D eigenvalue weighted by Crippen LogP contribution is -2.42. The Balaban J connectivity index is 2.22. The monoisotopic (exact) mass is 261 g/mol. The van der Waals surface area contributed by atoms with Crippen LogP contribution in [0.3, 0.4) is 0 Å². The highest BCUT2D eigenvalue weighted by atomic mass is 16.6. The zero-order valence-electron chi connectivity index (χ0n) is 12.1. The van der Waals surface area contributed by atoms with E-state index in [0.717, 1.165) is 18.5 Å². The predicted molar refractivity (Wildman–Crippen MR) is 77.4 cm³/mol. The standard InChI is InChI=1S/C16H23NO2/c1-16(2,3)19-15(18)17(14-11-7-8-12-14)13-9-5-4-6-10-13/h4-6,9-10,14H,7-8,11-12H2,1-3H3. The molecule has 0 atom stereocenters. The predicted octanol–water partition coefficient (Wildman–Crippen LogP) is 4.37. The fraction of sp³-hybridized carbons (Fsp3) is 0.562. The molecule has 1 amide bonds. The molecule has 1 saturated carbocycles. The summed E-state index contributed by atoms with van der Waals surface area (Å²) in [7, 11) is 0. The summed E-state index contributed by atoms with van der Waals surface area (Å²) in [4.78, 5) is 14.3. The third-order valence-electron chi connectivity index (χ3n) is 3.31. The largest absolute Gasteiger partial charge is 0.443 e. The number of nitrogens with zero attached hydrogens (tertiary/aromatic N) is 1. The summed E-state index contributed by atoms with van der Waals surface area (Å²) in [6.07, 6.45) is 4.28. The average Bonchev–Trinajstić information content (AvgIpc) is 2.82. The van der Waals surface area contributed by atoms with Gasteiger partial charge in [-0.3, -0.25) is 4.90 Å². The van der Waals surface area contributed by atoms with E-state index in [1.807, 2.05) is 56.0 Å². The third kappa shape index (κ3) is 3.72. The minimum atomic E-state index is -0.456. The van der Waals surface area contributed by atoms with Crippen LogP contribution < -0.4 is 4.90 Å². The van der Waals surface area contributed by atoms with Crippen molar-refractivity contribution in [1.29, 1.82) is 0 Å². The van der Waals surface area contributed by atoms with Crippen molar-refractivity contribution in [3.8, 4) is 0 Å². The number of rotatable bonds is 2. The first-order valence-corrected chi connectivity index (χ1v) is 7.04. The Morgan fingerprint density at radius 1 is 1.16 bits per heavy atom. The summed E-state index contributed by atoms with van der Waals surface area (Å²) in [5.41, 5.74) is 0.478. The molecule has 3 heteroatoms. The van der Waals surface area contributed by atoms with Gasteiger partial charge in [0.25, 0.3) is 0 Å². The molecular weight excluding hydrogens is 238 g/mol. The molecule has 0 aliphatic heterocycles. The molecule has 2 rings (SSSR count). The van der Waals surface area contributed by atoms with Crippen LogP contribution in [-0.4, -0.2) is 17.7 Å². The molecular formula is C16H23NO2. The SMILES string of the molecule is CC(C)(C)OC(=O)N(c1ccccc1)C1CCCC1. The first-order valence-electron chi connectivity index (χ1n) is 7.04. The Morgan fingerprint density at radius 2 is 1.74 bits per heavy atom. The van der Waals surface area contributed by atoms with Gasteiger partial charge in [-0.2, -0.15) is 0 Å². The number of benzene rings is 1. The van der Waals surface area contributed by atoms with Gasteiger partial charge < -0.3 is 4.74 Å². The van der Waals surface area contributed by atoms with E-state index in [2.05, 4.69) is 0 Å². The number of ether oxygens (including phenoxy) is 1. The molecule has 0 N–H and O–H groups in total. The number of carbonyl (C=O) groups excluding carboxylic acids is 1. The van der Waals surface area contributed by atoms with E-state index in [4.69, 9.17) is 4.74 Å². The van der Waals surface area contributed by atoms with Crippen molar-refractivity contribution in [3.63, 3.8) is 0 Å². The molecule has 0 unspecified atom stereocenters. The lowest BCUT2D eigenvalue weighted by atomic mass is 10.1. The molecule has 104 valence electrons. The number of hydrogen-bond acceptors (Lipinski definition) is 2. The molecule has 3 nitrogen and oxygen atoms in total. The normalized spacial score (nSPS) is 16.4. The maximum Gasteiger partial charge on any atom is 0.415 e. The zero-order valence-corrected chi connectivity index (χ0v) is 12.1. The van der Waals surface area contributed by atoms with Gasteiger partial charge in [-0.25, -0.2) is 4.79 Å².